The summed E-state index contributed by atoms with van der Waals surface area (Å²) in [6.45, 7) is 3.33. The highest BCUT2D eigenvalue weighted by Crippen LogP contribution is 2.13. The van der Waals surface area contributed by atoms with E-state index in [-0.39, 0.29) is 0 Å². The summed E-state index contributed by atoms with van der Waals surface area (Å²) in [5.41, 5.74) is 0. The molecule has 0 spiro atoms. The number of aryl methyl sites for hydroxylation is 1. The molecule has 1 aromatic rings. The second-order valence-corrected chi connectivity index (χ2v) is 4.08. The van der Waals surface area contributed by atoms with Crippen LogP contribution in [0, 0.1) is 0 Å². The van der Waals surface area contributed by atoms with Crippen LogP contribution in [0.5, 0.6) is 0 Å². The number of anilines is 1. The third kappa shape index (κ3) is 2.07. The van der Waals surface area contributed by atoms with E-state index in [0.717, 1.165) is 12.5 Å². The number of hydrogen-bond acceptors (Lipinski definition) is 3. The highest BCUT2D eigenvalue weighted by atomic mass is 15.2. The monoisotopic (exact) mass is 194 g/mol. The van der Waals surface area contributed by atoms with E-state index in [4.69, 9.17) is 0 Å². The highest BCUT2D eigenvalue weighted by Gasteiger charge is 2.18. The molecule has 14 heavy (non-hydrogen) atoms. The van der Waals surface area contributed by atoms with Crippen molar-refractivity contribution >= 4 is 5.95 Å². The number of imidazole rings is 1. The standard InChI is InChI=1S/C10H18N4/c1-8-7-9(3-4-11-8)13-10-12-5-6-14(10)2/h5-6,8-9,11H,3-4,7H2,1-2H3,(H,12,13). The molecule has 0 aliphatic carbocycles. The lowest BCUT2D eigenvalue weighted by Gasteiger charge is -2.28. The summed E-state index contributed by atoms with van der Waals surface area (Å²) in [6.07, 6.45) is 6.14. The van der Waals surface area contributed by atoms with Gasteiger partial charge in [-0.05, 0) is 26.3 Å². The van der Waals surface area contributed by atoms with Crippen LogP contribution < -0.4 is 10.6 Å². The lowest BCUT2D eigenvalue weighted by Crippen LogP contribution is -2.41. The number of nitrogens with one attached hydrogen (secondary N) is 2. The van der Waals surface area contributed by atoms with Gasteiger partial charge in [0.2, 0.25) is 5.95 Å². The van der Waals surface area contributed by atoms with Gasteiger partial charge in [-0.15, -0.1) is 0 Å². The van der Waals surface area contributed by atoms with Crippen LogP contribution in [-0.2, 0) is 7.05 Å². The van der Waals surface area contributed by atoms with Crippen LogP contribution in [0.15, 0.2) is 12.4 Å². The third-order valence-corrected chi connectivity index (χ3v) is 2.78. The molecule has 78 valence electrons. The van der Waals surface area contributed by atoms with Gasteiger partial charge in [-0.3, -0.25) is 0 Å². The van der Waals surface area contributed by atoms with Gasteiger partial charge in [0.15, 0.2) is 0 Å². The predicted octanol–water partition coefficient (Wildman–Crippen LogP) is 0.972. The predicted molar refractivity (Wildman–Crippen MR) is 57.3 cm³/mol. The van der Waals surface area contributed by atoms with E-state index in [1.807, 2.05) is 24.0 Å². The van der Waals surface area contributed by atoms with Crippen LogP contribution in [0.1, 0.15) is 19.8 Å². The third-order valence-electron chi connectivity index (χ3n) is 2.78. The number of piperidine rings is 1. The molecule has 0 bridgehead atoms. The Kier molecular flexibility index (Phi) is 2.72. The zero-order valence-corrected chi connectivity index (χ0v) is 8.83. The lowest BCUT2D eigenvalue weighted by molar-refractivity contribution is 0.394. The Balaban J connectivity index is 1.94. The average Bonchev–Trinajstić information content (AvgIpc) is 2.52. The van der Waals surface area contributed by atoms with Gasteiger partial charge >= 0.3 is 0 Å². The van der Waals surface area contributed by atoms with Crippen molar-refractivity contribution in [3.8, 4) is 0 Å². The van der Waals surface area contributed by atoms with Crippen molar-refractivity contribution in [2.75, 3.05) is 11.9 Å². The molecule has 1 fully saturated rings. The van der Waals surface area contributed by atoms with Crippen molar-refractivity contribution in [1.82, 2.24) is 14.9 Å². The van der Waals surface area contributed by atoms with Crippen molar-refractivity contribution in [3.05, 3.63) is 12.4 Å². The van der Waals surface area contributed by atoms with Gasteiger partial charge in [-0.2, -0.15) is 0 Å². The van der Waals surface area contributed by atoms with Crippen molar-refractivity contribution in [2.24, 2.45) is 7.05 Å². The maximum atomic E-state index is 4.27. The first kappa shape index (κ1) is 9.52. The Morgan fingerprint density at radius 3 is 3.14 bits per heavy atom. The zero-order chi connectivity index (χ0) is 9.97. The molecule has 0 saturated carbocycles. The first-order valence-electron chi connectivity index (χ1n) is 5.23. The first-order valence-corrected chi connectivity index (χ1v) is 5.23. The van der Waals surface area contributed by atoms with Crippen LogP contribution >= 0.6 is 0 Å². The van der Waals surface area contributed by atoms with Gasteiger partial charge in [0.1, 0.15) is 0 Å². The minimum Gasteiger partial charge on any atom is -0.353 e. The number of nitrogens with zero attached hydrogens (tertiary/aromatic N) is 2. The van der Waals surface area contributed by atoms with E-state index in [1.54, 1.807) is 0 Å². The topological polar surface area (TPSA) is 41.9 Å². The molecular formula is C10H18N4. The molecule has 1 aliphatic rings. The van der Waals surface area contributed by atoms with Gasteiger partial charge in [0.05, 0.1) is 0 Å². The van der Waals surface area contributed by atoms with E-state index >= 15 is 0 Å². The fraction of sp³-hybridized carbons (Fsp3) is 0.700. The van der Waals surface area contributed by atoms with Crippen LogP contribution in [0.2, 0.25) is 0 Å². The van der Waals surface area contributed by atoms with E-state index < -0.39 is 0 Å². The zero-order valence-electron chi connectivity index (χ0n) is 8.83. The summed E-state index contributed by atoms with van der Waals surface area (Å²) in [5, 5.41) is 6.91. The minimum absolute atomic E-state index is 0.562. The molecular weight excluding hydrogens is 176 g/mol. The normalized spacial score (nSPS) is 27.6. The van der Waals surface area contributed by atoms with E-state index in [2.05, 4.69) is 22.5 Å². The van der Waals surface area contributed by atoms with Crippen molar-refractivity contribution < 1.29 is 0 Å². The Hall–Kier alpha value is -1.03. The van der Waals surface area contributed by atoms with Crippen LogP contribution in [0.25, 0.3) is 0 Å². The molecule has 0 amide bonds. The molecule has 2 rings (SSSR count). The van der Waals surface area contributed by atoms with Crippen molar-refractivity contribution in [2.45, 2.75) is 31.8 Å². The van der Waals surface area contributed by atoms with E-state index in [1.165, 1.54) is 12.8 Å². The molecule has 2 N–H and O–H groups in total. The fourth-order valence-corrected chi connectivity index (χ4v) is 1.95. The molecule has 1 aliphatic heterocycles. The quantitative estimate of drug-likeness (QED) is 0.737. The van der Waals surface area contributed by atoms with Gasteiger partial charge < -0.3 is 15.2 Å². The van der Waals surface area contributed by atoms with E-state index in [9.17, 15) is 0 Å². The molecule has 2 unspecified atom stereocenters. The number of rotatable bonds is 2. The molecule has 0 aromatic carbocycles. The van der Waals surface area contributed by atoms with Crippen molar-refractivity contribution in [1.29, 1.82) is 0 Å². The molecule has 4 nitrogen and oxygen atoms in total. The molecule has 4 heteroatoms. The fourth-order valence-electron chi connectivity index (χ4n) is 1.95. The second kappa shape index (κ2) is 4.00. The summed E-state index contributed by atoms with van der Waals surface area (Å²) in [7, 11) is 2.01. The second-order valence-electron chi connectivity index (χ2n) is 4.08. The number of hydrogen-bond donors (Lipinski definition) is 2. The summed E-state index contributed by atoms with van der Waals surface area (Å²) >= 11 is 0. The van der Waals surface area contributed by atoms with Gasteiger partial charge in [-0.25, -0.2) is 4.98 Å². The van der Waals surface area contributed by atoms with Gasteiger partial charge in [-0.1, -0.05) is 0 Å². The smallest absolute Gasteiger partial charge is 0.202 e. The SMILES string of the molecule is CC1CC(Nc2nccn2C)CCN1. The summed E-state index contributed by atoms with van der Waals surface area (Å²) in [6, 6.07) is 1.17. The minimum atomic E-state index is 0.562. The van der Waals surface area contributed by atoms with Gasteiger partial charge in [0.25, 0.3) is 0 Å². The molecule has 1 saturated heterocycles. The summed E-state index contributed by atoms with van der Waals surface area (Å²) < 4.78 is 2.02. The summed E-state index contributed by atoms with van der Waals surface area (Å²) in [4.78, 5) is 4.27. The maximum absolute atomic E-state index is 4.27. The molecule has 2 heterocycles. The Bertz CT molecular complexity index is 294. The first-order chi connectivity index (χ1) is 6.75. The van der Waals surface area contributed by atoms with Crippen LogP contribution in [0.3, 0.4) is 0 Å². The molecule has 2 atom stereocenters. The Morgan fingerprint density at radius 2 is 2.50 bits per heavy atom. The number of aromatic nitrogens is 2. The molecule has 1 aromatic heterocycles. The van der Waals surface area contributed by atoms with Crippen molar-refractivity contribution in [3.63, 3.8) is 0 Å². The largest absolute Gasteiger partial charge is 0.353 e. The lowest BCUT2D eigenvalue weighted by atomic mass is 10.0. The van der Waals surface area contributed by atoms with E-state index in [0.29, 0.717) is 12.1 Å². The van der Waals surface area contributed by atoms with Gasteiger partial charge in [0, 0.05) is 31.5 Å². The average molecular weight is 194 g/mol. The Labute approximate surface area is 84.7 Å². The Morgan fingerprint density at radius 1 is 1.64 bits per heavy atom. The molecule has 0 radical (unpaired) electrons. The van der Waals surface area contributed by atoms with Crippen LogP contribution in [-0.4, -0.2) is 28.2 Å². The van der Waals surface area contributed by atoms with Crippen LogP contribution in [0.4, 0.5) is 5.95 Å². The highest BCUT2D eigenvalue weighted by molar-refractivity contribution is 5.27. The maximum Gasteiger partial charge on any atom is 0.202 e. The summed E-state index contributed by atoms with van der Waals surface area (Å²) in [5.74, 6) is 0.976.